The first-order valence-electron chi connectivity index (χ1n) is 4.61. The van der Waals surface area contributed by atoms with Crippen molar-refractivity contribution in [1.82, 2.24) is 0 Å². The average Bonchev–Trinajstić information content (AvgIpc) is 2.29. The van der Waals surface area contributed by atoms with Crippen molar-refractivity contribution in [3.63, 3.8) is 0 Å². The Bertz CT molecular complexity index is 505. The topological polar surface area (TPSA) is 0 Å². The Morgan fingerprint density at radius 3 is 1.35 bits per heavy atom. The van der Waals surface area contributed by atoms with Gasteiger partial charge in [-0.25, -0.2) is 0 Å². The van der Waals surface area contributed by atoms with Crippen molar-refractivity contribution < 1.29 is 21.2 Å². The minimum Gasteiger partial charge on any atom is -0.0496 e. The van der Waals surface area contributed by atoms with E-state index in [0.29, 0.717) is 0 Å². The van der Waals surface area contributed by atoms with Gasteiger partial charge in [-0.1, -0.05) is 0 Å². The van der Waals surface area contributed by atoms with Crippen LogP contribution < -0.4 is 21.2 Å². The van der Waals surface area contributed by atoms with Crippen LogP contribution in [0.2, 0.25) is 0 Å². The molecule has 5 heteroatoms. The first-order valence-corrected chi connectivity index (χ1v) is 9.94. The lowest BCUT2D eigenvalue weighted by Crippen LogP contribution is -3.61. The Morgan fingerprint density at radius 2 is 1.00 bits per heavy atom. The standard InChI is InChI=1S/C12H6Br4I/c13-9-3-1-7(5-11(9)15)17-8-2-4-10(14)12(16)6-8/h1-6H/q+1. The van der Waals surface area contributed by atoms with E-state index < -0.39 is 0 Å². The van der Waals surface area contributed by atoms with Gasteiger partial charge < -0.3 is 0 Å². The van der Waals surface area contributed by atoms with Crippen molar-refractivity contribution in [3.8, 4) is 0 Å². The maximum Gasteiger partial charge on any atom is 0.357 e. The second-order valence-electron chi connectivity index (χ2n) is 3.21. The highest BCUT2D eigenvalue weighted by Gasteiger charge is 2.17. The van der Waals surface area contributed by atoms with E-state index in [2.05, 4.69) is 100 Å². The van der Waals surface area contributed by atoms with E-state index in [9.17, 15) is 0 Å². The zero-order valence-electron chi connectivity index (χ0n) is 8.35. The third kappa shape index (κ3) is 4.03. The number of rotatable bonds is 2. The van der Waals surface area contributed by atoms with E-state index in [1.165, 1.54) is 7.14 Å². The molecule has 0 aliphatic heterocycles. The van der Waals surface area contributed by atoms with Gasteiger partial charge in [-0.3, -0.25) is 0 Å². The number of halogens is 5. The second kappa shape index (κ2) is 6.50. The minimum atomic E-state index is -0.132. The molecular weight excluding hydrogens is 591 g/mol. The molecule has 0 aliphatic carbocycles. The van der Waals surface area contributed by atoms with E-state index in [-0.39, 0.29) is 21.2 Å². The molecule has 0 heterocycles. The summed E-state index contributed by atoms with van der Waals surface area (Å²) in [7, 11) is 0. The van der Waals surface area contributed by atoms with Gasteiger partial charge in [0.1, 0.15) is 0 Å². The minimum absolute atomic E-state index is 0.132. The van der Waals surface area contributed by atoms with Crippen LogP contribution in [0.5, 0.6) is 0 Å². The summed E-state index contributed by atoms with van der Waals surface area (Å²) < 4.78 is 7.22. The molecule has 0 bridgehead atoms. The van der Waals surface area contributed by atoms with Gasteiger partial charge in [0, 0.05) is 30.0 Å². The molecule has 0 nitrogen and oxygen atoms in total. The lowest BCUT2D eigenvalue weighted by Gasteiger charge is -1.95. The predicted octanol–water partition coefficient (Wildman–Crippen LogP) is 2.87. The van der Waals surface area contributed by atoms with Gasteiger partial charge in [0.05, 0.1) is 0 Å². The maximum absolute atomic E-state index is 3.54. The molecule has 2 aromatic rings. The second-order valence-corrected chi connectivity index (χ2v) is 9.66. The fourth-order valence-corrected chi connectivity index (χ4v) is 5.66. The molecule has 88 valence electrons. The fraction of sp³-hybridized carbons (Fsp3) is 0. The van der Waals surface area contributed by atoms with Crippen LogP contribution in [-0.4, -0.2) is 0 Å². The van der Waals surface area contributed by atoms with E-state index in [1.54, 1.807) is 0 Å². The molecule has 2 rings (SSSR count). The lowest BCUT2D eigenvalue weighted by atomic mass is 10.4. The quantitative estimate of drug-likeness (QED) is 0.370. The summed E-state index contributed by atoms with van der Waals surface area (Å²) >= 11 is 13.9. The van der Waals surface area contributed by atoms with E-state index in [4.69, 9.17) is 0 Å². The molecule has 0 saturated carbocycles. The molecular formula is C12H6Br4I+. The van der Waals surface area contributed by atoms with Crippen molar-refractivity contribution in [2.45, 2.75) is 0 Å². The SMILES string of the molecule is Brc1ccc([I+]c2ccc(Br)c(Br)c2)cc1Br. The highest BCUT2D eigenvalue weighted by Crippen LogP contribution is 2.22. The molecule has 2 aromatic carbocycles. The van der Waals surface area contributed by atoms with Gasteiger partial charge in [0.15, 0.2) is 7.14 Å². The summed E-state index contributed by atoms with van der Waals surface area (Å²) in [5.41, 5.74) is 0. The smallest absolute Gasteiger partial charge is 0.0496 e. The predicted molar refractivity (Wildman–Crippen MR) is 81.1 cm³/mol. The van der Waals surface area contributed by atoms with Crippen LogP contribution in [0, 0.1) is 7.14 Å². The van der Waals surface area contributed by atoms with E-state index in [0.717, 1.165) is 17.9 Å². The Morgan fingerprint density at radius 1 is 0.588 bits per heavy atom. The van der Waals surface area contributed by atoms with Crippen LogP contribution in [-0.2, 0) is 0 Å². The summed E-state index contributed by atoms with van der Waals surface area (Å²) in [6, 6.07) is 12.9. The van der Waals surface area contributed by atoms with Gasteiger partial charge in [-0.05, 0) is 88.0 Å². The van der Waals surface area contributed by atoms with Gasteiger partial charge in [-0.2, -0.15) is 0 Å². The summed E-state index contributed by atoms with van der Waals surface area (Å²) in [5, 5.41) is 0. The van der Waals surface area contributed by atoms with Crippen molar-refractivity contribution in [2.24, 2.45) is 0 Å². The average molecular weight is 597 g/mol. The molecule has 0 spiro atoms. The van der Waals surface area contributed by atoms with Crippen LogP contribution in [0.15, 0.2) is 54.3 Å². The van der Waals surface area contributed by atoms with Crippen LogP contribution in [0.4, 0.5) is 0 Å². The van der Waals surface area contributed by atoms with Crippen LogP contribution in [0.3, 0.4) is 0 Å². The molecule has 0 atom stereocenters. The summed E-state index contributed by atoms with van der Waals surface area (Å²) in [6.07, 6.45) is 0. The zero-order chi connectivity index (χ0) is 12.4. The van der Waals surface area contributed by atoms with Crippen LogP contribution in [0.25, 0.3) is 0 Å². The van der Waals surface area contributed by atoms with E-state index >= 15 is 0 Å². The normalized spacial score (nSPS) is 10.6. The highest BCUT2D eigenvalue weighted by atomic mass is 127. The molecule has 17 heavy (non-hydrogen) atoms. The molecule has 0 aliphatic rings. The van der Waals surface area contributed by atoms with Gasteiger partial charge in [0.25, 0.3) is 0 Å². The maximum atomic E-state index is 3.54. The first-order chi connectivity index (χ1) is 8.06. The zero-order valence-corrected chi connectivity index (χ0v) is 16.9. The first kappa shape index (κ1) is 14.5. The fourth-order valence-electron chi connectivity index (χ4n) is 1.18. The largest absolute Gasteiger partial charge is 0.357 e. The van der Waals surface area contributed by atoms with E-state index in [1.807, 2.05) is 0 Å². The number of hydrogen-bond acceptors (Lipinski definition) is 0. The van der Waals surface area contributed by atoms with Gasteiger partial charge in [-0.15, -0.1) is 0 Å². The summed E-state index contributed by atoms with van der Waals surface area (Å²) in [5.74, 6) is 0. The van der Waals surface area contributed by atoms with Gasteiger partial charge >= 0.3 is 21.2 Å². The summed E-state index contributed by atoms with van der Waals surface area (Å²) in [6.45, 7) is 0. The third-order valence-corrected chi connectivity index (χ3v) is 8.33. The number of hydrogen-bond donors (Lipinski definition) is 0. The number of benzene rings is 2. The molecule has 0 aromatic heterocycles. The lowest BCUT2D eigenvalue weighted by molar-refractivity contribution is -0.597. The Labute approximate surface area is 144 Å². The van der Waals surface area contributed by atoms with Crippen molar-refractivity contribution in [1.29, 1.82) is 0 Å². The molecule has 0 fully saturated rings. The Kier molecular flexibility index (Phi) is 5.54. The molecule has 0 unspecified atom stereocenters. The monoisotopic (exact) mass is 593 g/mol. The van der Waals surface area contributed by atoms with Gasteiger partial charge in [0.2, 0.25) is 0 Å². The highest BCUT2D eigenvalue weighted by molar-refractivity contribution is 9.13. The van der Waals surface area contributed by atoms with Crippen molar-refractivity contribution >= 4 is 63.7 Å². The third-order valence-electron chi connectivity index (χ3n) is 1.98. The Balaban J connectivity index is 2.25. The Hall–Kier alpha value is 1.09. The van der Waals surface area contributed by atoms with Crippen molar-refractivity contribution in [3.05, 3.63) is 61.4 Å². The molecule has 0 saturated heterocycles. The van der Waals surface area contributed by atoms with Crippen LogP contribution >= 0.6 is 63.7 Å². The summed E-state index contributed by atoms with van der Waals surface area (Å²) in [4.78, 5) is 0. The molecule has 0 N–H and O–H groups in total. The molecule has 0 amide bonds. The van der Waals surface area contributed by atoms with Crippen molar-refractivity contribution in [2.75, 3.05) is 0 Å². The molecule has 0 radical (unpaired) electrons. The van der Waals surface area contributed by atoms with Crippen LogP contribution in [0.1, 0.15) is 0 Å².